The smallest absolute Gasteiger partial charge is 0.262 e. The van der Waals surface area contributed by atoms with Gasteiger partial charge < -0.3 is 0 Å². The zero-order valence-corrected chi connectivity index (χ0v) is 16.8. The van der Waals surface area contributed by atoms with E-state index in [1.165, 1.54) is 16.2 Å². The lowest BCUT2D eigenvalue weighted by Crippen LogP contribution is -2.29. The predicted molar refractivity (Wildman–Crippen MR) is 108 cm³/mol. The molecule has 27 heavy (non-hydrogen) atoms. The number of nitrogens with one attached hydrogen (secondary N) is 1. The molecule has 1 N–H and O–H groups in total. The molecule has 1 amide bonds. The molecule has 140 valence electrons. The monoisotopic (exact) mass is 401 g/mol. The first-order chi connectivity index (χ1) is 13.1. The Bertz CT molecular complexity index is 982. The van der Waals surface area contributed by atoms with Crippen molar-refractivity contribution in [2.45, 2.75) is 26.8 Å². The number of benzene rings is 1. The topological polar surface area (TPSA) is 63.1 Å². The lowest BCUT2D eigenvalue weighted by Gasteiger charge is -2.23. The molecule has 0 saturated carbocycles. The minimum atomic E-state index is -0.280. The highest BCUT2D eigenvalue weighted by Crippen LogP contribution is 2.30. The Morgan fingerprint density at radius 3 is 2.85 bits per heavy atom. The average Bonchev–Trinajstić information content (AvgIpc) is 3.21. The molecule has 0 aliphatic carbocycles. The minimum absolute atomic E-state index is 0.280. The summed E-state index contributed by atoms with van der Waals surface area (Å²) in [5, 5.41) is 8.25. The second-order valence-electron chi connectivity index (χ2n) is 6.46. The molecule has 8 heteroatoms. The van der Waals surface area contributed by atoms with Gasteiger partial charge in [0, 0.05) is 24.4 Å². The number of carbonyl (C=O) groups is 1. The van der Waals surface area contributed by atoms with Crippen LogP contribution >= 0.6 is 22.9 Å². The number of aryl methyl sites for hydroxylation is 1. The van der Waals surface area contributed by atoms with Crippen LogP contribution in [0.5, 0.6) is 0 Å². The van der Waals surface area contributed by atoms with Gasteiger partial charge in [-0.25, -0.2) is 9.67 Å². The van der Waals surface area contributed by atoms with Crippen molar-refractivity contribution in [2.75, 3.05) is 18.4 Å². The van der Waals surface area contributed by atoms with Crippen LogP contribution in [0, 0.1) is 6.92 Å². The third kappa shape index (κ3) is 3.50. The fourth-order valence-electron chi connectivity index (χ4n) is 3.23. The van der Waals surface area contributed by atoms with Crippen LogP contribution in [0.25, 0.3) is 5.69 Å². The quantitative estimate of drug-likeness (QED) is 0.719. The Morgan fingerprint density at radius 2 is 2.11 bits per heavy atom. The molecule has 0 unspecified atom stereocenters. The summed E-state index contributed by atoms with van der Waals surface area (Å²) in [4.78, 5) is 21.0. The zero-order chi connectivity index (χ0) is 19.0. The van der Waals surface area contributed by atoms with E-state index in [0.29, 0.717) is 21.5 Å². The Labute approximate surface area is 166 Å². The van der Waals surface area contributed by atoms with E-state index in [2.05, 4.69) is 27.2 Å². The fourth-order valence-corrected chi connectivity index (χ4v) is 4.63. The summed E-state index contributed by atoms with van der Waals surface area (Å²) in [6.07, 6.45) is 0.918. The number of rotatable bonds is 4. The van der Waals surface area contributed by atoms with Gasteiger partial charge in [-0.05, 0) is 25.6 Å². The second kappa shape index (κ2) is 7.42. The summed E-state index contributed by atoms with van der Waals surface area (Å²) in [6.45, 7) is 6.86. The highest BCUT2D eigenvalue weighted by Gasteiger charge is 2.24. The number of likely N-dealkylation sites (N-methyl/N-ethyl adjacent to an activating group) is 1. The Hall–Kier alpha value is -2.22. The van der Waals surface area contributed by atoms with E-state index >= 15 is 0 Å². The summed E-state index contributed by atoms with van der Waals surface area (Å²) >= 11 is 8.02. The molecule has 0 fully saturated rings. The number of hydrogen-bond acceptors (Lipinski definition) is 5. The van der Waals surface area contributed by atoms with Crippen molar-refractivity contribution in [3.8, 4) is 5.69 Å². The molecule has 0 saturated heterocycles. The lowest BCUT2D eigenvalue weighted by molar-refractivity contribution is 0.102. The standard InChI is InChI=1S/C19H20ClN5OS/c1-3-24-10-9-14-15(11-24)27-19(21-14)22-18(26)16-12(2)23-25(17(16)20)13-7-5-4-6-8-13/h4-8H,3,9-11H2,1-2H3,(H,21,22,26). The lowest BCUT2D eigenvalue weighted by atomic mass is 10.2. The molecule has 0 radical (unpaired) electrons. The number of para-hydroxylation sites is 1. The molecule has 6 nitrogen and oxygen atoms in total. The fraction of sp³-hybridized carbons (Fsp3) is 0.316. The van der Waals surface area contributed by atoms with Crippen LogP contribution in [-0.4, -0.2) is 38.7 Å². The first kappa shape index (κ1) is 18.2. The summed E-state index contributed by atoms with van der Waals surface area (Å²) in [7, 11) is 0. The van der Waals surface area contributed by atoms with Gasteiger partial charge in [0.05, 0.1) is 17.1 Å². The molecule has 3 heterocycles. The summed E-state index contributed by atoms with van der Waals surface area (Å²) in [5.74, 6) is -0.280. The number of hydrogen-bond donors (Lipinski definition) is 1. The van der Waals surface area contributed by atoms with Gasteiger partial charge in [-0.2, -0.15) is 5.10 Å². The van der Waals surface area contributed by atoms with E-state index in [9.17, 15) is 4.79 Å². The Balaban J connectivity index is 1.58. The van der Waals surface area contributed by atoms with E-state index in [1.54, 1.807) is 11.6 Å². The van der Waals surface area contributed by atoms with Crippen LogP contribution in [0.2, 0.25) is 5.15 Å². The first-order valence-electron chi connectivity index (χ1n) is 8.89. The van der Waals surface area contributed by atoms with Gasteiger partial charge in [0.25, 0.3) is 5.91 Å². The normalized spacial score (nSPS) is 14.2. The number of nitrogens with zero attached hydrogens (tertiary/aromatic N) is 4. The highest BCUT2D eigenvalue weighted by atomic mass is 35.5. The van der Waals surface area contributed by atoms with Crippen molar-refractivity contribution < 1.29 is 4.79 Å². The van der Waals surface area contributed by atoms with Gasteiger partial charge in [-0.3, -0.25) is 15.0 Å². The van der Waals surface area contributed by atoms with E-state index in [-0.39, 0.29) is 5.91 Å². The molecule has 0 spiro atoms. The largest absolute Gasteiger partial charge is 0.298 e. The van der Waals surface area contributed by atoms with Crippen molar-refractivity contribution in [1.29, 1.82) is 0 Å². The SMILES string of the molecule is CCN1CCc2nc(NC(=O)c3c(C)nn(-c4ccccc4)c3Cl)sc2C1. The summed E-state index contributed by atoms with van der Waals surface area (Å²) < 4.78 is 1.58. The van der Waals surface area contributed by atoms with E-state index in [0.717, 1.165) is 37.4 Å². The van der Waals surface area contributed by atoms with Crippen LogP contribution in [0.1, 0.15) is 33.5 Å². The van der Waals surface area contributed by atoms with Crippen LogP contribution in [0.3, 0.4) is 0 Å². The number of carbonyl (C=O) groups excluding carboxylic acids is 1. The number of aromatic nitrogens is 3. The Kier molecular flexibility index (Phi) is 4.99. The molecule has 2 aromatic heterocycles. The predicted octanol–water partition coefficient (Wildman–Crippen LogP) is 3.92. The van der Waals surface area contributed by atoms with Gasteiger partial charge in [0.2, 0.25) is 0 Å². The van der Waals surface area contributed by atoms with Crippen LogP contribution < -0.4 is 5.32 Å². The number of halogens is 1. The van der Waals surface area contributed by atoms with Crippen molar-refractivity contribution >= 4 is 34.0 Å². The molecule has 3 aromatic rings. The number of anilines is 1. The first-order valence-corrected chi connectivity index (χ1v) is 10.1. The zero-order valence-electron chi connectivity index (χ0n) is 15.2. The van der Waals surface area contributed by atoms with Gasteiger partial charge in [-0.15, -0.1) is 11.3 Å². The van der Waals surface area contributed by atoms with E-state index in [1.807, 2.05) is 30.3 Å². The van der Waals surface area contributed by atoms with Gasteiger partial charge in [0.1, 0.15) is 10.7 Å². The molecule has 0 bridgehead atoms. The number of thiazole rings is 1. The van der Waals surface area contributed by atoms with Crippen molar-refractivity contribution in [3.63, 3.8) is 0 Å². The summed E-state index contributed by atoms with van der Waals surface area (Å²) in [5.41, 5.74) is 2.86. The summed E-state index contributed by atoms with van der Waals surface area (Å²) in [6, 6.07) is 9.53. The molecular formula is C19H20ClN5OS. The average molecular weight is 402 g/mol. The maximum atomic E-state index is 12.8. The molecule has 1 aliphatic rings. The second-order valence-corrected chi connectivity index (χ2v) is 7.90. The minimum Gasteiger partial charge on any atom is -0.298 e. The number of amides is 1. The van der Waals surface area contributed by atoms with Crippen molar-refractivity contribution in [1.82, 2.24) is 19.7 Å². The van der Waals surface area contributed by atoms with Gasteiger partial charge in [0.15, 0.2) is 5.13 Å². The third-order valence-electron chi connectivity index (χ3n) is 4.71. The van der Waals surface area contributed by atoms with Crippen LogP contribution in [0.4, 0.5) is 5.13 Å². The Morgan fingerprint density at radius 1 is 1.33 bits per heavy atom. The maximum Gasteiger partial charge on any atom is 0.262 e. The van der Waals surface area contributed by atoms with Crippen LogP contribution in [0.15, 0.2) is 30.3 Å². The van der Waals surface area contributed by atoms with E-state index in [4.69, 9.17) is 11.6 Å². The van der Waals surface area contributed by atoms with Crippen molar-refractivity contribution in [2.24, 2.45) is 0 Å². The molecule has 1 aromatic carbocycles. The third-order valence-corrected chi connectivity index (χ3v) is 6.06. The maximum absolute atomic E-state index is 12.8. The molecule has 1 aliphatic heterocycles. The molecular weight excluding hydrogens is 382 g/mol. The van der Waals surface area contributed by atoms with Gasteiger partial charge in [-0.1, -0.05) is 36.7 Å². The van der Waals surface area contributed by atoms with Gasteiger partial charge >= 0.3 is 0 Å². The van der Waals surface area contributed by atoms with Crippen molar-refractivity contribution in [3.05, 3.63) is 57.3 Å². The van der Waals surface area contributed by atoms with E-state index < -0.39 is 0 Å². The molecule has 4 rings (SSSR count). The number of fused-ring (bicyclic) bond motifs is 1. The highest BCUT2D eigenvalue weighted by molar-refractivity contribution is 7.15. The molecule has 0 atom stereocenters. The van der Waals surface area contributed by atoms with Crippen LogP contribution in [-0.2, 0) is 13.0 Å².